The minimum absolute atomic E-state index is 0.0103. The maximum Gasteiger partial charge on any atom is 0.343 e. The number of ether oxygens (including phenoxy) is 2. The van der Waals surface area contributed by atoms with Gasteiger partial charge in [0.15, 0.2) is 8.32 Å². The molecule has 2 aromatic rings. The van der Waals surface area contributed by atoms with E-state index in [4.69, 9.17) is 42.2 Å². The quantitative estimate of drug-likeness (QED) is 0.0165. The molecule has 2 rings (SSSR count). The fraction of sp³-hybridized carbons (Fsp3) is 0.412. The van der Waals surface area contributed by atoms with Gasteiger partial charge in [-0.15, -0.1) is 0 Å². The van der Waals surface area contributed by atoms with Crippen LogP contribution in [0.2, 0.25) is 28.2 Å². The molecule has 0 saturated heterocycles. The average Bonchev–Trinajstić information content (AvgIpc) is 3.09. The second-order valence-corrected chi connectivity index (χ2v) is 20.5. The summed E-state index contributed by atoms with van der Waals surface area (Å²) in [5.41, 5.74) is -1.48. The summed E-state index contributed by atoms with van der Waals surface area (Å²) < 4.78 is 16.8. The topological polar surface area (TPSA) is 234 Å². The monoisotopic (exact) mass is 1050 g/mol. The first-order valence-corrected chi connectivity index (χ1v) is 22.1. The molecular weight excluding hydrogens is 1010 g/mol. The summed E-state index contributed by atoms with van der Waals surface area (Å²) in [5, 5.41) is 51.6. The van der Waals surface area contributed by atoms with E-state index in [0.29, 0.717) is 13.7 Å². The lowest BCUT2D eigenvalue weighted by Crippen LogP contribution is -2.41. The fourth-order valence-corrected chi connectivity index (χ4v) is 6.61. The molecule has 3 N–H and O–H groups in total. The van der Waals surface area contributed by atoms with Gasteiger partial charge >= 0.3 is 11.9 Å². The van der Waals surface area contributed by atoms with Crippen LogP contribution in [0.4, 0.5) is 11.4 Å². The Morgan fingerprint density at radius 2 is 1.20 bits per heavy atom. The number of hydrogen-bond acceptors (Lipinski definition) is 14. The molecule has 0 unspecified atom stereocenters. The molecule has 0 aliphatic heterocycles. The van der Waals surface area contributed by atoms with E-state index in [0.717, 1.165) is 6.21 Å². The third-order valence-corrected chi connectivity index (χ3v) is 14.2. The Labute approximate surface area is 356 Å². The predicted molar refractivity (Wildman–Crippen MR) is 231 cm³/mol. The van der Waals surface area contributed by atoms with Crippen molar-refractivity contribution >= 4 is 124 Å². The first-order chi connectivity index (χ1) is 25.6. The number of aliphatic hydroxyl groups is 3. The smallest absolute Gasteiger partial charge is 0.343 e. The molecule has 0 atom stereocenters. The summed E-state index contributed by atoms with van der Waals surface area (Å²) in [7, 11) is -1.93. The first kappa shape index (κ1) is 49.8. The molecule has 2 aromatic carbocycles. The molecule has 0 spiro atoms. The van der Waals surface area contributed by atoms with Gasteiger partial charge in [0.2, 0.25) is 0 Å². The first-order valence-electron chi connectivity index (χ1n) is 16.3. The minimum atomic E-state index is -1.93. The molecule has 302 valence electrons. The van der Waals surface area contributed by atoms with Gasteiger partial charge in [-0.05, 0) is 89.3 Å². The summed E-state index contributed by atoms with van der Waals surface area (Å²) in [6.07, 6.45) is 2.22. The highest BCUT2D eigenvalue weighted by Gasteiger charge is 2.37. The lowest BCUT2D eigenvalue weighted by atomic mass is 10.1. The zero-order chi connectivity index (χ0) is 42.3. The number of nitrogens with zero attached hydrogens (tertiary/aromatic N) is 4. The van der Waals surface area contributed by atoms with Crippen molar-refractivity contribution in [3.63, 3.8) is 0 Å². The molecule has 0 bridgehead atoms. The van der Waals surface area contributed by atoms with E-state index < -0.39 is 47.3 Å². The van der Waals surface area contributed by atoms with Gasteiger partial charge in [-0.2, -0.15) is 0 Å². The maximum atomic E-state index is 12.4. The standard InChI is InChI=1S/C20H28ClIN2O6Si.C14H14ClIN2O6/c1-7-29-19(26)15(12-23-8-9-30-31(5,6)20(2,3)4)18(25)14-10-13(22)11-16(17(14)21)24(27)28;1-2-24-14(21)10(7-17-3-4-19)13(20)9-5-8(16)6-11(12(9)15)18(22)23/h10-12,25H,7-9H2,1-6H3;5-7,19-20H,2-4H2,1H3. The van der Waals surface area contributed by atoms with Crippen molar-refractivity contribution in [2.24, 2.45) is 9.98 Å². The molecule has 0 amide bonds. The highest BCUT2D eigenvalue weighted by Crippen LogP contribution is 2.37. The van der Waals surface area contributed by atoms with Crippen molar-refractivity contribution in [3.05, 3.63) is 84.0 Å². The minimum Gasteiger partial charge on any atom is -0.506 e. The van der Waals surface area contributed by atoms with Gasteiger partial charge in [0.1, 0.15) is 32.7 Å². The van der Waals surface area contributed by atoms with Crippen molar-refractivity contribution in [2.75, 3.05) is 39.5 Å². The van der Waals surface area contributed by atoms with Crippen LogP contribution in [-0.2, 0) is 23.5 Å². The summed E-state index contributed by atoms with van der Waals surface area (Å²) in [6.45, 7) is 14.4. The van der Waals surface area contributed by atoms with Gasteiger partial charge in [0.25, 0.3) is 11.4 Å². The molecule has 21 heteroatoms. The Bertz CT molecular complexity index is 1870. The Hall–Kier alpha value is -3.22. The highest BCUT2D eigenvalue weighted by atomic mass is 127. The van der Waals surface area contributed by atoms with E-state index >= 15 is 0 Å². The number of nitro groups is 2. The van der Waals surface area contributed by atoms with Crippen LogP contribution in [0.3, 0.4) is 0 Å². The average molecular weight is 1050 g/mol. The van der Waals surface area contributed by atoms with Gasteiger partial charge in [-0.3, -0.25) is 30.2 Å². The molecule has 0 fully saturated rings. The lowest BCUT2D eigenvalue weighted by Gasteiger charge is -2.35. The molecule has 0 radical (unpaired) electrons. The summed E-state index contributed by atoms with van der Waals surface area (Å²) in [6, 6.07) is 5.35. The Balaban J connectivity index is 0.000000568. The Morgan fingerprint density at radius 3 is 1.53 bits per heavy atom. The molecular formula is C34H42Cl2I2N4O12Si. The van der Waals surface area contributed by atoms with E-state index in [9.17, 15) is 40.0 Å². The van der Waals surface area contributed by atoms with Crippen LogP contribution in [0.5, 0.6) is 0 Å². The normalized spacial score (nSPS) is 12.8. The number of nitro benzene ring substituents is 2. The number of halogens is 4. The largest absolute Gasteiger partial charge is 0.506 e. The van der Waals surface area contributed by atoms with Gasteiger partial charge in [0, 0.05) is 42.8 Å². The van der Waals surface area contributed by atoms with Crippen molar-refractivity contribution in [2.45, 2.75) is 52.8 Å². The number of carbonyl (C=O) groups excluding carboxylic acids is 2. The number of aliphatic hydroxyl groups excluding tert-OH is 3. The molecule has 16 nitrogen and oxygen atoms in total. The van der Waals surface area contributed by atoms with Crippen LogP contribution in [0.1, 0.15) is 45.7 Å². The zero-order valence-corrected chi connectivity index (χ0v) is 37.9. The van der Waals surface area contributed by atoms with Gasteiger partial charge in [-0.25, -0.2) is 9.59 Å². The number of benzene rings is 2. The Kier molecular flexibility index (Phi) is 20.9. The number of aliphatic imine (C=N–C) groups is 2. The summed E-state index contributed by atoms with van der Waals surface area (Å²) >= 11 is 15.8. The molecule has 0 aliphatic carbocycles. The van der Waals surface area contributed by atoms with Crippen molar-refractivity contribution in [1.82, 2.24) is 0 Å². The maximum absolute atomic E-state index is 12.4. The van der Waals surface area contributed by atoms with E-state index in [2.05, 4.69) is 43.9 Å². The summed E-state index contributed by atoms with van der Waals surface area (Å²) in [4.78, 5) is 53.3. The second-order valence-electron chi connectivity index (χ2n) is 12.5. The van der Waals surface area contributed by atoms with Crippen LogP contribution in [0.25, 0.3) is 11.5 Å². The number of carbonyl (C=O) groups is 2. The third kappa shape index (κ3) is 15.0. The molecule has 0 saturated carbocycles. The number of rotatable bonds is 16. The predicted octanol–water partition coefficient (Wildman–Crippen LogP) is 8.53. The van der Waals surface area contributed by atoms with E-state index in [1.165, 1.54) is 30.5 Å². The molecule has 0 aromatic heterocycles. The van der Waals surface area contributed by atoms with Crippen LogP contribution in [-0.4, -0.2) is 97.4 Å². The van der Waals surface area contributed by atoms with E-state index in [-0.39, 0.29) is 76.0 Å². The SMILES string of the molecule is CCOC(=O)C(C=NCCO)=C(O)c1cc(I)cc([N+](=O)[O-])c1Cl.CCOC(=O)C(C=NCCO[Si](C)(C)C(C)(C)C)=C(O)c1cc(I)cc([N+](=O)[O-])c1Cl. The Morgan fingerprint density at radius 1 is 0.818 bits per heavy atom. The second kappa shape index (κ2) is 23.1. The van der Waals surface area contributed by atoms with Crippen LogP contribution < -0.4 is 0 Å². The molecule has 0 aliphatic rings. The lowest BCUT2D eigenvalue weighted by molar-refractivity contribution is -0.384. The summed E-state index contributed by atoms with van der Waals surface area (Å²) in [5.74, 6) is -2.82. The third-order valence-electron chi connectivity index (χ3n) is 7.60. The van der Waals surface area contributed by atoms with Crippen molar-refractivity contribution < 1.29 is 48.7 Å². The molecule has 55 heavy (non-hydrogen) atoms. The van der Waals surface area contributed by atoms with Gasteiger partial charge in [0.05, 0.1) is 49.4 Å². The van der Waals surface area contributed by atoms with E-state index in [1.807, 2.05) is 45.2 Å². The van der Waals surface area contributed by atoms with Crippen LogP contribution in [0.15, 0.2) is 45.4 Å². The van der Waals surface area contributed by atoms with Crippen LogP contribution in [0, 0.1) is 27.4 Å². The van der Waals surface area contributed by atoms with Gasteiger partial charge < -0.3 is 29.2 Å². The number of esters is 2. The number of hydrogen-bond donors (Lipinski definition) is 3. The van der Waals surface area contributed by atoms with Crippen molar-refractivity contribution in [1.29, 1.82) is 0 Å². The van der Waals surface area contributed by atoms with Crippen molar-refractivity contribution in [3.8, 4) is 0 Å². The zero-order valence-electron chi connectivity index (χ0n) is 31.0. The highest BCUT2D eigenvalue weighted by molar-refractivity contribution is 14.1. The fourth-order valence-electron chi connectivity index (χ4n) is 3.83. The molecule has 0 heterocycles. The van der Waals surface area contributed by atoms with Gasteiger partial charge in [-0.1, -0.05) is 44.0 Å². The van der Waals surface area contributed by atoms with Crippen LogP contribution >= 0.6 is 68.4 Å². The van der Waals surface area contributed by atoms with E-state index in [1.54, 1.807) is 13.8 Å².